The van der Waals surface area contributed by atoms with E-state index in [0.717, 1.165) is 54.9 Å². The number of hydrogen-bond acceptors (Lipinski definition) is 3. The van der Waals surface area contributed by atoms with E-state index in [9.17, 15) is 4.79 Å². The molecule has 0 radical (unpaired) electrons. The van der Waals surface area contributed by atoms with Gasteiger partial charge in [0.25, 0.3) is 0 Å². The Morgan fingerprint density at radius 2 is 1.76 bits per heavy atom. The molecule has 1 heterocycles. The van der Waals surface area contributed by atoms with Crippen molar-refractivity contribution < 1.29 is 9.53 Å². The number of anilines is 2. The van der Waals surface area contributed by atoms with Crippen LogP contribution in [0.3, 0.4) is 0 Å². The van der Waals surface area contributed by atoms with Crippen molar-refractivity contribution in [3.8, 4) is 5.75 Å². The largest absolute Gasteiger partial charge is 0.490 e. The predicted octanol–water partition coefficient (Wildman–Crippen LogP) is 5.54. The van der Waals surface area contributed by atoms with Crippen molar-refractivity contribution in [1.29, 1.82) is 0 Å². The minimum atomic E-state index is 0.397. The van der Waals surface area contributed by atoms with Crippen molar-refractivity contribution in [3.05, 3.63) is 52.6 Å². The molecule has 0 atom stereocenters. The Hall–Kier alpha value is -2.49. The van der Waals surface area contributed by atoms with Crippen LogP contribution in [0.2, 0.25) is 0 Å². The molecule has 0 unspecified atom stereocenters. The number of fused-ring (bicyclic) bond motifs is 1. The quantitative estimate of drug-likeness (QED) is 0.680. The number of rotatable bonds is 5. The van der Waals surface area contributed by atoms with E-state index in [4.69, 9.17) is 4.74 Å². The van der Waals surface area contributed by atoms with Crippen LogP contribution in [0.4, 0.5) is 11.4 Å². The van der Waals surface area contributed by atoms with Gasteiger partial charge in [-0.25, -0.2) is 0 Å². The van der Waals surface area contributed by atoms with Crippen molar-refractivity contribution in [3.63, 3.8) is 0 Å². The fourth-order valence-electron chi connectivity index (χ4n) is 4.81. The Morgan fingerprint density at radius 3 is 2.48 bits per heavy atom. The molecule has 2 aliphatic rings. The molecule has 4 heteroatoms. The number of nitrogens with one attached hydrogen (secondary N) is 1. The standard InChI is InChI=1S/C25H32N2O2/c1-18-13-22(14-19(2)25(18)26-17-28)27-12-6-7-20-15-24(11-10-21(20)16-27)29-23-8-4-3-5-9-23/h10-11,13-15,17,23H,3-9,12,16H2,1-2H3,(H,26,28). The van der Waals surface area contributed by atoms with Crippen LogP contribution < -0.4 is 15.0 Å². The first-order chi connectivity index (χ1) is 14.1. The smallest absolute Gasteiger partial charge is 0.211 e. The van der Waals surface area contributed by atoms with Crippen molar-refractivity contribution in [2.24, 2.45) is 0 Å². The highest BCUT2D eigenvalue weighted by molar-refractivity contribution is 5.77. The molecule has 1 aliphatic carbocycles. The first-order valence-corrected chi connectivity index (χ1v) is 11.0. The zero-order valence-electron chi connectivity index (χ0n) is 17.7. The molecule has 0 bridgehead atoms. The molecule has 4 rings (SSSR count). The summed E-state index contributed by atoms with van der Waals surface area (Å²) >= 11 is 0. The van der Waals surface area contributed by atoms with Gasteiger partial charge < -0.3 is 15.0 Å². The number of amides is 1. The summed E-state index contributed by atoms with van der Waals surface area (Å²) in [5.41, 5.74) is 7.17. The molecular formula is C25H32N2O2. The lowest BCUT2D eigenvalue weighted by Crippen LogP contribution is -2.23. The summed E-state index contributed by atoms with van der Waals surface area (Å²) in [5.74, 6) is 1.04. The average molecular weight is 393 g/mol. The summed E-state index contributed by atoms with van der Waals surface area (Å²) in [4.78, 5) is 13.3. The van der Waals surface area contributed by atoms with Crippen molar-refractivity contribution in [2.75, 3.05) is 16.8 Å². The van der Waals surface area contributed by atoms with Gasteiger partial charge >= 0.3 is 0 Å². The van der Waals surface area contributed by atoms with Crippen LogP contribution in [0.1, 0.15) is 60.8 Å². The van der Waals surface area contributed by atoms with Gasteiger partial charge in [-0.1, -0.05) is 12.5 Å². The Morgan fingerprint density at radius 1 is 1.00 bits per heavy atom. The normalized spacial score (nSPS) is 17.4. The second-order valence-electron chi connectivity index (χ2n) is 8.55. The van der Waals surface area contributed by atoms with Crippen LogP contribution in [-0.4, -0.2) is 19.1 Å². The van der Waals surface area contributed by atoms with E-state index in [1.807, 2.05) is 0 Å². The van der Waals surface area contributed by atoms with Gasteiger partial charge in [0.05, 0.1) is 6.10 Å². The van der Waals surface area contributed by atoms with Crippen LogP contribution in [0.5, 0.6) is 5.75 Å². The number of hydrogen-bond donors (Lipinski definition) is 1. The van der Waals surface area contributed by atoms with E-state index in [1.165, 1.54) is 48.9 Å². The van der Waals surface area contributed by atoms with Crippen LogP contribution in [0, 0.1) is 13.8 Å². The van der Waals surface area contributed by atoms with Gasteiger partial charge in [0.2, 0.25) is 6.41 Å². The maximum Gasteiger partial charge on any atom is 0.211 e. The second-order valence-corrected chi connectivity index (χ2v) is 8.55. The maximum absolute atomic E-state index is 10.9. The molecule has 0 spiro atoms. The molecule has 1 fully saturated rings. The highest BCUT2D eigenvalue weighted by Crippen LogP contribution is 2.32. The number of nitrogens with zero attached hydrogens (tertiary/aromatic N) is 1. The zero-order chi connectivity index (χ0) is 20.2. The third kappa shape index (κ3) is 4.58. The monoisotopic (exact) mass is 392 g/mol. The molecule has 154 valence electrons. The average Bonchev–Trinajstić information content (AvgIpc) is 2.93. The third-order valence-electron chi connectivity index (χ3n) is 6.35. The van der Waals surface area contributed by atoms with Gasteiger partial charge in [-0.2, -0.15) is 0 Å². The fourth-order valence-corrected chi connectivity index (χ4v) is 4.81. The van der Waals surface area contributed by atoms with E-state index < -0.39 is 0 Å². The van der Waals surface area contributed by atoms with Crippen molar-refractivity contribution in [1.82, 2.24) is 0 Å². The molecule has 0 aromatic heterocycles. The second kappa shape index (κ2) is 8.89. The molecule has 1 amide bonds. The first kappa shape index (κ1) is 19.8. The molecular weight excluding hydrogens is 360 g/mol. The SMILES string of the molecule is Cc1cc(N2CCCc3cc(OC4CCCCC4)ccc3C2)cc(C)c1NC=O. The predicted molar refractivity (Wildman–Crippen MR) is 119 cm³/mol. The number of ether oxygens (including phenoxy) is 1. The topological polar surface area (TPSA) is 41.6 Å². The lowest BCUT2D eigenvalue weighted by Gasteiger charge is -2.26. The molecule has 0 saturated heterocycles. The van der Waals surface area contributed by atoms with E-state index >= 15 is 0 Å². The maximum atomic E-state index is 10.9. The lowest BCUT2D eigenvalue weighted by atomic mass is 9.97. The summed E-state index contributed by atoms with van der Waals surface area (Å²) in [6.45, 7) is 6.07. The van der Waals surface area contributed by atoms with Gasteiger partial charge in [0, 0.05) is 24.5 Å². The first-order valence-electron chi connectivity index (χ1n) is 11.0. The van der Waals surface area contributed by atoms with Crippen LogP contribution in [-0.2, 0) is 17.8 Å². The van der Waals surface area contributed by atoms with Crippen LogP contribution in [0.15, 0.2) is 30.3 Å². The molecule has 4 nitrogen and oxygen atoms in total. The minimum absolute atomic E-state index is 0.397. The molecule has 2 aromatic carbocycles. The molecule has 29 heavy (non-hydrogen) atoms. The molecule has 1 saturated carbocycles. The minimum Gasteiger partial charge on any atom is -0.490 e. The Bertz CT molecular complexity index is 848. The van der Waals surface area contributed by atoms with Gasteiger partial charge in [-0.3, -0.25) is 4.79 Å². The van der Waals surface area contributed by atoms with E-state index in [2.05, 4.69) is 54.4 Å². The summed E-state index contributed by atoms with van der Waals surface area (Å²) in [6, 6.07) is 11.1. The Kier molecular flexibility index (Phi) is 6.08. The van der Waals surface area contributed by atoms with E-state index in [1.54, 1.807) is 0 Å². The Balaban J connectivity index is 1.52. The van der Waals surface area contributed by atoms with Gasteiger partial charge in [-0.05, 0) is 98.9 Å². The molecule has 1 aliphatic heterocycles. The molecule has 1 N–H and O–H groups in total. The number of carbonyl (C=O) groups is 1. The van der Waals surface area contributed by atoms with Crippen molar-refractivity contribution >= 4 is 17.8 Å². The van der Waals surface area contributed by atoms with Crippen molar-refractivity contribution in [2.45, 2.75) is 71.4 Å². The van der Waals surface area contributed by atoms with Gasteiger partial charge in [-0.15, -0.1) is 0 Å². The summed E-state index contributed by atoms with van der Waals surface area (Å²) in [5, 5.41) is 2.83. The number of benzene rings is 2. The lowest BCUT2D eigenvalue weighted by molar-refractivity contribution is -0.105. The van der Waals surface area contributed by atoms with Crippen LogP contribution >= 0.6 is 0 Å². The van der Waals surface area contributed by atoms with Gasteiger partial charge in [0.1, 0.15) is 5.75 Å². The summed E-state index contributed by atoms with van der Waals surface area (Å²) < 4.78 is 6.29. The van der Waals surface area contributed by atoms with E-state index in [-0.39, 0.29) is 0 Å². The highest BCUT2D eigenvalue weighted by atomic mass is 16.5. The third-order valence-corrected chi connectivity index (χ3v) is 6.35. The highest BCUT2D eigenvalue weighted by Gasteiger charge is 2.19. The van der Waals surface area contributed by atoms with Crippen LogP contribution in [0.25, 0.3) is 0 Å². The van der Waals surface area contributed by atoms with E-state index in [0.29, 0.717) is 6.10 Å². The number of carbonyl (C=O) groups excluding carboxylic acids is 1. The van der Waals surface area contributed by atoms with Gasteiger partial charge in [0.15, 0.2) is 0 Å². The molecule has 2 aromatic rings. The zero-order valence-corrected chi connectivity index (χ0v) is 17.7. The Labute approximate surface area is 174 Å². The fraction of sp³-hybridized carbons (Fsp3) is 0.480. The number of aryl methyl sites for hydroxylation is 3. The summed E-state index contributed by atoms with van der Waals surface area (Å²) in [6.07, 6.45) is 9.71. The summed E-state index contributed by atoms with van der Waals surface area (Å²) in [7, 11) is 0.